The number of fused-ring (bicyclic) bond motifs is 1. The quantitative estimate of drug-likeness (QED) is 0.842. The summed E-state index contributed by atoms with van der Waals surface area (Å²) in [6.07, 6.45) is 1.05. The highest BCUT2D eigenvalue weighted by Crippen LogP contribution is 2.22. The molecule has 24 heavy (non-hydrogen) atoms. The van der Waals surface area contributed by atoms with E-state index >= 15 is 0 Å². The average molecular weight is 345 g/mol. The molecule has 1 aliphatic rings. The van der Waals surface area contributed by atoms with Gasteiger partial charge in [-0.2, -0.15) is 0 Å². The Morgan fingerprint density at radius 1 is 1.42 bits per heavy atom. The van der Waals surface area contributed by atoms with Gasteiger partial charge in [-0.05, 0) is 37.9 Å². The molecule has 1 amide bonds. The van der Waals surface area contributed by atoms with Crippen LogP contribution in [0.15, 0.2) is 28.8 Å². The molecule has 1 aliphatic heterocycles. The average Bonchev–Trinajstić information content (AvgIpc) is 2.92. The predicted molar refractivity (Wildman–Crippen MR) is 96.0 cm³/mol. The van der Waals surface area contributed by atoms with Crippen LogP contribution < -0.4 is 10.6 Å². The molecule has 1 aromatic heterocycles. The Balaban J connectivity index is 1.45. The number of aryl methyl sites for hydroxylation is 2. The lowest BCUT2D eigenvalue weighted by molar-refractivity contribution is -0.118. The smallest absolute Gasteiger partial charge is 0.230 e. The van der Waals surface area contributed by atoms with Crippen molar-refractivity contribution in [3.8, 4) is 0 Å². The van der Waals surface area contributed by atoms with Crippen LogP contribution in [0, 0.1) is 13.8 Å². The number of nitrogens with zero attached hydrogens (tertiary/aromatic N) is 1. The first-order valence-electron chi connectivity index (χ1n) is 8.22. The normalized spacial score (nSPS) is 16.7. The topological polar surface area (TPSA) is 67.2 Å². The molecule has 0 aliphatic carbocycles. The summed E-state index contributed by atoms with van der Waals surface area (Å²) in [5, 5.41) is 10.5. The Morgan fingerprint density at radius 2 is 2.25 bits per heavy atom. The number of hydrogen-bond donors (Lipinski definition) is 2. The van der Waals surface area contributed by atoms with Crippen LogP contribution >= 0.6 is 11.8 Å². The third-order valence-corrected chi connectivity index (χ3v) is 5.34. The van der Waals surface area contributed by atoms with E-state index in [1.54, 1.807) is 11.8 Å². The Kier molecular flexibility index (Phi) is 5.58. The van der Waals surface area contributed by atoms with Crippen molar-refractivity contribution < 1.29 is 9.32 Å². The minimum Gasteiger partial charge on any atom is -0.361 e. The molecule has 0 saturated heterocycles. The van der Waals surface area contributed by atoms with Crippen molar-refractivity contribution in [3.05, 3.63) is 52.4 Å². The maximum atomic E-state index is 12.1. The van der Waals surface area contributed by atoms with Crippen LogP contribution in [-0.4, -0.2) is 29.9 Å². The highest BCUT2D eigenvalue weighted by atomic mass is 32.2. The molecule has 1 unspecified atom stereocenters. The van der Waals surface area contributed by atoms with Crippen molar-refractivity contribution in [1.29, 1.82) is 0 Å². The first-order valence-corrected chi connectivity index (χ1v) is 9.38. The van der Waals surface area contributed by atoms with Gasteiger partial charge in [-0.25, -0.2) is 0 Å². The summed E-state index contributed by atoms with van der Waals surface area (Å²) in [5.41, 5.74) is 4.68. The maximum absolute atomic E-state index is 12.1. The molecule has 0 bridgehead atoms. The highest BCUT2D eigenvalue weighted by molar-refractivity contribution is 7.99. The Bertz CT molecular complexity index is 695. The fourth-order valence-electron chi connectivity index (χ4n) is 3.00. The van der Waals surface area contributed by atoms with E-state index in [1.807, 2.05) is 13.8 Å². The minimum absolute atomic E-state index is 0.0663. The van der Waals surface area contributed by atoms with Gasteiger partial charge < -0.3 is 15.2 Å². The summed E-state index contributed by atoms with van der Waals surface area (Å²) in [6.45, 7) is 5.42. The molecule has 2 N–H and O–H groups in total. The van der Waals surface area contributed by atoms with Crippen molar-refractivity contribution >= 4 is 17.7 Å². The second-order valence-corrected chi connectivity index (χ2v) is 7.04. The summed E-state index contributed by atoms with van der Waals surface area (Å²) in [6, 6.07) is 8.65. The molecule has 0 saturated carbocycles. The van der Waals surface area contributed by atoms with Crippen molar-refractivity contribution in [2.45, 2.75) is 32.1 Å². The van der Waals surface area contributed by atoms with Gasteiger partial charge in [0.05, 0.1) is 11.4 Å². The van der Waals surface area contributed by atoms with Gasteiger partial charge >= 0.3 is 0 Å². The van der Waals surface area contributed by atoms with Crippen LogP contribution in [0.2, 0.25) is 0 Å². The molecule has 0 fully saturated rings. The molecule has 0 spiro atoms. The zero-order valence-electron chi connectivity index (χ0n) is 14.1. The molecular weight excluding hydrogens is 322 g/mol. The Morgan fingerprint density at radius 3 is 3.04 bits per heavy atom. The molecule has 3 rings (SSSR count). The predicted octanol–water partition coefficient (Wildman–Crippen LogP) is 2.53. The van der Waals surface area contributed by atoms with Gasteiger partial charge in [0.25, 0.3) is 0 Å². The van der Waals surface area contributed by atoms with E-state index in [2.05, 4.69) is 40.1 Å². The summed E-state index contributed by atoms with van der Waals surface area (Å²) in [5.74, 6) is 2.09. The number of amides is 1. The number of hydrogen-bond acceptors (Lipinski definition) is 5. The van der Waals surface area contributed by atoms with Crippen LogP contribution in [0.5, 0.6) is 0 Å². The van der Waals surface area contributed by atoms with E-state index in [0.717, 1.165) is 35.7 Å². The van der Waals surface area contributed by atoms with E-state index in [-0.39, 0.29) is 11.9 Å². The molecule has 1 atom stereocenters. The van der Waals surface area contributed by atoms with Gasteiger partial charge in [0.2, 0.25) is 5.91 Å². The number of rotatable bonds is 6. The fraction of sp³-hybridized carbons (Fsp3) is 0.444. The number of nitrogens with one attached hydrogen (secondary N) is 2. The standard InChI is InChI=1S/C18H23N3O2S/c1-12-16(13(2)23-21-12)10-24-11-18(22)20-9-17-15-6-4-3-5-14(15)7-8-19-17/h3-6,17,19H,7-11H2,1-2H3,(H,20,22). The zero-order valence-corrected chi connectivity index (χ0v) is 14.9. The van der Waals surface area contributed by atoms with Crippen molar-refractivity contribution in [1.82, 2.24) is 15.8 Å². The molecule has 2 heterocycles. The molecule has 6 heteroatoms. The van der Waals surface area contributed by atoms with E-state index in [0.29, 0.717) is 12.3 Å². The van der Waals surface area contributed by atoms with Gasteiger partial charge in [-0.15, -0.1) is 11.8 Å². The van der Waals surface area contributed by atoms with E-state index in [4.69, 9.17) is 4.52 Å². The van der Waals surface area contributed by atoms with Gasteiger partial charge in [0.15, 0.2) is 0 Å². The van der Waals surface area contributed by atoms with Crippen LogP contribution in [0.3, 0.4) is 0 Å². The van der Waals surface area contributed by atoms with Gasteiger partial charge in [0.1, 0.15) is 5.76 Å². The van der Waals surface area contributed by atoms with Crippen molar-refractivity contribution in [2.24, 2.45) is 0 Å². The second kappa shape index (κ2) is 7.85. The summed E-state index contributed by atoms with van der Waals surface area (Å²) < 4.78 is 5.14. The van der Waals surface area contributed by atoms with Gasteiger partial charge in [0, 0.05) is 23.9 Å². The maximum Gasteiger partial charge on any atom is 0.230 e. The first-order chi connectivity index (χ1) is 11.6. The number of thioether (sulfide) groups is 1. The van der Waals surface area contributed by atoms with E-state index in [9.17, 15) is 4.79 Å². The first kappa shape index (κ1) is 17.0. The molecular formula is C18H23N3O2S. The number of carbonyl (C=O) groups excluding carboxylic acids is 1. The molecule has 128 valence electrons. The van der Waals surface area contributed by atoms with Crippen LogP contribution in [0.1, 0.15) is 34.2 Å². The summed E-state index contributed by atoms with van der Waals surface area (Å²) in [7, 11) is 0. The molecule has 2 aromatic rings. The van der Waals surface area contributed by atoms with E-state index < -0.39 is 0 Å². The fourth-order valence-corrected chi connectivity index (χ4v) is 4.00. The monoisotopic (exact) mass is 345 g/mol. The number of carbonyl (C=O) groups is 1. The van der Waals surface area contributed by atoms with Crippen LogP contribution in [-0.2, 0) is 17.0 Å². The Hall–Kier alpha value is -1.79. The number of benzene rings is 1. The van der Waals surface area contributed by atoms with Crippen LogP contribution in [0.25, 0.3) is 0 Å². The van der Waals surface area contributed by atoms with E-state index in [1.165, 1.54) is 11.1 Å². The zero-order chi connectivity index (χ0) is 16.9. The molecule has 5 nitrogen and oxygen atoms in total. The van der Waals surface area contributed by atoms with Crippen LogP contribution in [0.4, 0.5) is 0 Å². The molecule has 1 aromatic carbocycles. The van der Waals surface area contributed by atoms with Crippen molar-refractivity contribution in [2.75, 3.05) is 18.8 Å². The lowest BCUT2D eigenvalue weighted by atomic mass is 9.94. The summed E-state index contributed by atoms with van der Waals surface area (Å²) in [4.78, 5) is 12.1. The third-order valence-electron chi connectivity index (χ3n) is 4.38. The molecule has 0 radical (unpaired) electrons. The lowest BCUT2D eigenvalue weighted by Crippen LogP contribution is -2.39. The summed E-state index contributed by atoms with van der Waals surface area (Å²) >= 11 is 1.59. The number of aromatic nitrogens is 1. The van der Waals surface area contributed by atoms with Gasteiger partial charge in [-0.1, -0.05) is 29.4 Å². The second-order valence-electron chi connectivity index (χ2n) is 6.06. The SMILES string of the molecule is Cc1noc(C)c1CSCC(=O)NCC1NCCc2ccccc21. The largest absolute Gasteiger partial charge is 0.361 e. The minimum atomic E-state index is 0.0663. The lowest BCUT2D eigenvalue weighted by Gasteiger charge is -2.27. The Labute approximate surface area is 146 Å². The van der Waals surface area contributed by atoms with Gasteiger partial charge in [-0.3, -0.25) is 4.79 Å². The third kappa shape index (κ3) is 3.99. The highest BCUT2D eigenvalue weighted by Gasteiger charge is 2.19. The van der Waals surface area contributed by atoms with Crippen molar-refractivity contribution in [3.63, 3.8) is 0 Å².